The van der Waals surface area contributed by atoms with Gasteiger partial charge in [-0.25, -0.2) is 14.8 Å². The van der Waals surface area contributed by atoms with Crippen molar-refractivity contribution in [2.45, 2.75) is 19.3 Å². The summed E-state index contributed by atoms with van der Waals surface area (Å²) < 4.78 is 0. The number of nitrogens with one attached hydrogen (secondary N) is 2. The number of likely N-dealkylation sites (tertiary alicyclic amines) is 1. The molecule has 0 bridgehead atoms. The van der Waals surface area contributed by atoms with Gasteiger partial charge in [-0.3, -0.25) is 9.59 Å². The van der Waals surface area contributed by atoms with Crippen LogP contribution in [-0.4, -0.2) is 76.9 Å². The highest BCUT2D eigenvalue weighted by Gasteiger charge is 2.26. The van der Waals surface area contributed by atoms with Crippen molar-refractivity contribution in [2.24, 2.45) is 0 Å². The largest absolute Gasteiger partial charge is 0.349 e. The molecular formula is C16H22N6O3. The number of hydrogen-bond acceptors (Lipinski definition) is 5. The molecule has 3 heterocycles. The Bertz CT molecular complexity index is 659. The molecule has 9 heteroatoms. The molecule has 0 atom stereocenters. The first-order valence-corrected chi connectivity index (χ1v) is 8.58. The second kappa shape index (κ2) is 7.91. The maximum Gasteiger partial charge on any atom is 0.317 e. The summed E-state index contributed by atoms with van der Waals surface area (Å²) in [4.78, 5) is 48.0. The number of piperidine rings is 1. The van der Waals surface area contributed by atoms with Crippen molar-refractivity contribution < 1.29 is 14.4 Å². The monoisotopic (exact) mass is 346 g/mol. The molecule has 0 unspecified atom stereocenters. The molecule has 1 aromatic rings. The molecule has 0 saturated carbocycles. The summed E-state index contributed by atoms with van der Waals surface area (Å²) in [5.74, 6) is -0.704. The Balaban J connectivity index is 1.62. The van der Waals surface area contributed by atoms with E-state index < -0.39 is 5.91 Å². The van der Waals surface area contributed by atoms with Gasteiger partial charge in [-0.2, -0.15) is 0 Å². The average Bonchev–Trinajstić information content (AvgIpc) is 3.06. The standard InChI is InChI=1S/C16H22N6O3/c23-14(19-6-10-22-11-7-20-16(22)25)12-13(18-5-4-17-12)15(24)21-8-2-1-3-9-21/h4-5H,1-3,6-11H2,(H,19,23)(H,20,25). The molecule has 0 spiro atoms. The van der Waals surface area contributed by atoms with Crippen LogP contribution in [0, 0.1) is 0 Å². The van der Waals surface area contributed by atoms with Gasteiger partial charge in [0.1, 0.15) is 0 Å². The fourth-order valence-corrected chi connectivity index (χ4v) is 3.02. The van der Waals surface area contributed by atoms with E-state index in [9.17, 15) is 14.4 Å². The van der Waals surface area contributed by atoms with Gasteiger partial charge >= 0.3 is 6.03 Å². The Kier molecular flexibility index (Phi) is 5.42. The molecule has 1 aromatic heterocycles. The molecule has 2 N–H and O–H groups in total. The second-order valence-corrected chi connectivity index (χ2v) is 6.08. The molecule has 0 aliphatic carbocycles. The lowest BCUT2D eigenvalue weighted by Crippen LogP contribution is -2.39. The van der Waals surface area contributed by atoms with E-state index >= 15 is 0 Å². The number of urea groups is 1. The summed E-state index contributed by atoms with van der Waals surface area (Å²) in [6.45, 7) is 3.30. The second-order valence-electron chi connectivity index (χ2n) is 6.08. The average molecular weight is 346 g/mol. The predicted molar refractivity (Wildman–Crippen MR) is 89.1 cm³/mol. The zero-order valence-corrected chi connectivity index (χ0v) is 14.0. The Morgan fingerprint density at radius 1 is 1.08 bits per heavy atom. The van der Waals surface area contributed by atoms with Crippen LogP contribution in [-0.2, 0) is 0 Å². The van der Waals surface area contributed by atoms with E-state index in [-0.39, 0.29) is 23.3 Å². The number of nitrogens with zero attached hydrogens (tertiary/aromatic N) is 4. The topological polar surface area (TPSA) is 108 Å². The normalized spacial score (nSPS) is 17.4. The van der Waals surface area contributed by atoms with Gasteiger partial charge in [0.25, 0.3) is 11.8 Å². The molecular weight excluding hydrogens is 324 g/mol. The van der Waals surface area contributed by atoms with Crippen molar-refractivity contribution in [2.75, 3.05) is 39.3 Å². The summed E-state index contributed by atoms with van der Waals surface area (Å²) in [7, 11) is 0. The maximum absolute atomic E-state index is 12.6. The Morgan fingerprint density at radius 3 is 2.48 bits per heavy atom. The number of amides is 4. The van der Waals surface area contributed by atoms with Gasteiger partial charge in [0.05, 0.1) is 0 Å². The zero-order valence-electron chi connectivity index (χ0n) is 14.0. The SMILES string of the molecule is O=C(NCCN1CCNC1=O)c1nccnc1C(=O)N1CCCCC1. The molecule has 2 aliphatic rings. The summed E-state index contributed by atoms with van der Waals surface area (Å²) in [6.07, 6.45) is 5.86. The fraction of sp³-hybridized carbons (Fsp3) is 0.562. The van der Waals surface area contributed by atoms with E-state index in [2.05, 4.69) is 20.6 Å². The number of carbonyl (C=O) groups excluding carboxylic acids is 3. The van der Waals surface area contributed by atoms with Crippen molar-refractivity contribution in [3.05, 3.63) is 23.8 Å². The maximum atomic E-state index is 12.6. The van der Waals surface area contributed by atoms with Crippen LogP contribution < -0.4 is 10.6 Å². The summed E-state index contributed by atoms with van der Waals surface area (Å²) >= 11 is 0. The summed E-state index contributed by atoms with van der Waals surface area (Å²) in [5.41, 5.74) is 0.116. The molecule has 2 saturated heterocycles. The minimum atomic E-state index is -0.451. The molecule has 2 aliphatic heterocycles. The zero-order chi connectivity index (χ0) is 17.6. The van der Waals surface area contributed by atoms with Crippen molar-refractivity contribution in [1.82, 2.24) is 30.4 Å². The van der Waals surface area contributed by atoms with Gasteiger partial charge in [-0.1, -0.05) is 0 Å². The number of aromatic nitrogens is 2. The fourth-order valence-electron chi connectivity index (χ4n) is 3.02. The molecule has 0 aromatic carbocycles. The van der Waals surface area contributed by atoms with Gasteiger partial charge in [-0.05, 0) is 19.3 Å². The number of hydrogen-bond donors (Lipinski definition) is 2. The lowest BCUT2D eigenvalue weighted by Gasteiger charge is -2.26. The van der Waals surface area contributed by atoms with Gasteiger partial charge in [-0.15, -0.1) is 0 Å². The third kappa shape index (κ3) is 4.04. The van der Waals surface area contributed by atoms with Crippen molar-refractivity contribution in [3.63, 3.8) is 0 Å². The van der Waals surface area contributed by atoms with E-state index in [0.29, 0.717) is 39.3 Å². The first kappa shape index (κ1) is 17.1. The van der Waals surface area contributed by atoms with E-state index in [1.165, 1.54) is 12.4 Å². The first-order valence-electron chi connectivity index (χ1n) is 8.58. The van der Waals surface area contributed by atoms with Crippen LogP contribution in [0.1, 0.15) is 40.2 Å². The van der Waals surface area contributed by atoms with Crippen LogP contribution in [0.5, 0.6) is 0 Å². The molecule has 2 fully saturated rings. The van der Waals surface area contributed by atoms with Crippen molar-refractivity contribution >= 4 is 17.8 Å². The lowest BCUT2D eigenvalue weighted by molar-refractivity contribution is 0.0711. The van der Waals surface area contributed by atoms with Crippen LogP contribution in [0.15, 0.2) is 12.4 Å². The van der Waals surface area contributed by atoms with E-state index in [1.807, 2.05) is 0 Å². The van der Waals surface area contributed by atoms with Crippen molar-refractivity contribution in [3.8, 4) is 0 Å². The minimum Gasteiger partial charge on any atom is -0.349 e. The minimum absolute atomic E-state index is 0.0314. The Morgan fingerprint density at radius 2 is 1.80 bits per heavy atom. The molecule has 4 amide bonds. The summed E-state index contributed by atoms with van der Waals surface area (Å²) in [6, 6.07) is -0.130. The summed E-state index contributed by atoms with van der Waals surface area (Å²) in [5, 5.41) is 5.41. The highest BCUT2D eigenvalue weighted by Crippen LogP contribution is 2.13. The quantitative estimate of drug-likeness (QED) is 0.771. The highest BCUT2D eigenvalue weighted by molar-refractivity contribution is 6.04. The molecule has 134 valence electrons. The van der Waals surface area contributed by atoms with Crippen LogP contribution in [0.25, 0.3) is 0 Å². The lowest BCUT2D eigenvalue weighted by atomic mass is 10.1. The molecule has 25 heavy (non-hydrogen) atoms. The van der Waals surface area contributed by atoms with Crippen LogP contribution in [0.2, 0.25) is 0 Å². The van der Waals surface area contributed by atoms with E-state index in [0.717, 1.165) is 19.3 Å². The molecule has 0 radical (unpaired) electrons. The van der Waals surface area contributed by atoms with Crippen molar-refractivity contribution in [1.29, 1.82) is 0 Å². The smallest absolute Gasteiger partial charge is 0.317 e. The Hall–Kier alpha value is -2.71. The molecule has 9 nitrogen and oxygen atoms in total. The third-order valence-corrected chi connectivity index (χ3v) is 4.37. The van der Waals surface area contributed by atoms with Gasteiger partial charge < -0.3 is 20.4 Å². The predicted octanol–water partition coefficient (Wildman–Crippen LogP) is -0.142. The van der Waals surface area contributed by atoms with Gasteiger partial charge in [0.15, 0.2) is 11.4 Å². The van der Waals surface area contributed by atoms with Crippen LogP contribution >= 0.6 is 0 Å². The highest BCUT2D eigenvalue weighted by atomic mass is 16.2. The third-order valence-electron chi connectivity index (χ3n) is 4.37. The number of carbonyl (C=O) groups is 3. The molecule has 3 rings (SSSR count). The van der Waals surface area contributed by atoms with Gasteiger partial charge in [0, 0.05) is 51.7 Å². The number of rotatable bonds is 5. The van der Waals surface area contributed by atoms with Gasteiger partial charge in [0.2, 0.25) is 0 Å². The first-order chi connectivity index (χ1) is 12.2. The van der Waals surface area contributed by atoms with E-state index in [4.69, 9.17) is 0 Å². The van der Waals surface area contributed by atoms with E-state index in [1.54, 1.807) is 9.80 Å². The van der Waals surface area contributed by atoms with Crippen LogP contribution in [0.3, 0.4) is 0 Å². The Labute approximate surface area is 145 Å². The van der Waals surface area contributed by atoms with Crippen LogP contribution in [0.4, 0.5) is 4.79 Å².